The minimum atomic E-state index is -4.30. The van der Waals surface area contributed by atoms with E-state index in [1.54, 1.807) is 18.2 Å². The summed E-state index contributed by atoms with van der Waals surface area (Å²) in [6.45, 7) is 1.94. The van der Waals surface area contributed by atoms with Gasteiger partial charge < -0.3 is 5.32 Å². The Kier molecular flexibility index (Phi) is 5.74. The number of carbonyl (C=O) groups excluding carboxylic acids is 1. The maximum absolute atomic E-state index is 13.2. The zero-order valence-corrected chi connectivity index (χ0v) is 16.3. The third kappa shape index (κ3) is 4.02. The third-order valence-electron chi connectivity index (χ3n) is 4.42. The highest BCUT2D eigenvalue weighted by atomic mass is 32.2. The van der Waals surface area contributed by atoms with Crippen molar-refractivity contribution in [2.24, 2.45) is 0 Å². The van der Waals surface area contributed by atoms with Gasteiger partial charge in [0.25, 0.3) is 11.6 Å². The van der Waals surface area contributed by atoms with Crippen molar-refractivity contribution in [3.8, 4) is 0 Å². The molecule has 1 N–H and O–H groups in total. The number of rotatable bonds is 6. The number of amides is 1. The molecule has 0 atom stereocenters. The van der Waals surface area contributed by atoms with E-state index < -0.39 is 31.3 Å². The number of anilines is 1. The lowest BCUT2D eigenvalue weighted by Gasteiger charge is -2.13. The summed E-state index contributed by atoms with van der Waals surface area (Å²) in [5.41, 5.74) is 0.855. The van der Waals surface area contributed by atoms with Crippen molar-refractivity contribution in [3.05, 3.63) is 94.0 Å². The van der Waals surface area contributed by atoms with Gasteiger partial charge in [-0.25, -0.2) is 8.42 Å². The molecule has 3 rings (SSSR count). The fraction of sp³-hybridized carbons (Fsp3) is 0.0952. The number of carbonyl (C=O) groups is 1. The van der Waals surface area contributed by atoms with Crippen molar-refractivity contribution in [3.63, 3.8) is 0 Å². The van der Waals surface area contributed by atoms with Crippen LogP contribution in [0.5, 0.6) is 0 Å². The van der Waals surface area contributed by atoms with Gasteiger partial charge in [-0.3, -0.25) is 14.9 Å². The van der Waals surface area contributed by atoms with Gasteiger partial charge in [-0.1, -0.05) is 49.4 Å². The molecule has 0 radical (unpaired) electrons. The number of aryl methyl sites for hydroxylation is 1. The molecule has 0 aliphatic heterocycles. The molecule has 0 bridgehead atoms. The predicted molar refractivity (Wildman–Crippen MR) is 109 cm³/mol. The van der Waals surface area contributed by atoms with Crippen molar-refractivity contribution in [2.45, 2.75) is 23.1 Å². The maximum atomic E-state index is 13.2. The lowest BCUT2D eigenvalue weighted by Crippen LogP contribution is -2.17. The van der Waals surface area contributed by atoms with Crippen molar-refractivity contribution in [1.82, 2.24) is 0 Å². The Bertz CT molecular complexity index is 1190. The molecule has 0 aliphatic carbocycles. The quantitative estimate of drug-likeness (QED) is 0.483. The molecule has 1 amide bonds. The number of nitro groups is 1. The molecule has 0 fully saturated rings. The van der Waals surface area contributed by atoms with Crippen LogP contribution in [0.2, 0.25) is 0 Å². The van der Waals surface area contributed by atoms with E-state index in [4.69, 9.17) is 0 Å². The van der Waals surface area contributed by atoms with Crippen molar-refractivity contribution in [2.75, 3.05) is 5.32 Å². The van der Waals surface area contributed by atoms with Crippen LogP contribution < -0.4 is 5.32 Å². The molecule has 0 spiro atoms. The summed E-state index contributed by atoms with van der Waals surface area (Å²) in [4.78, 5) is 22.7. The monoisotopic (exact) mass is 410 g/mol. The third-order valence-corrected chi connectivity index (χ3v) is 6.28. The second-order valence-corrected chi connectivity index (χ2v) is 8.08. The van der Waals surface area contributed by atoms with Gasteiger partial charge in [-0.05, 0) is 36.2 Å². The van der Waals surface area contributed by atoms with Crippen LogP contribution in [-0.4, -0.2) is 19.2 Å². The number of nitro benzene ring substituents is 1. The van der Waals surface area contributed by atoms with Gasteiger partial charge in [0.05, 0.1) is 15.4 Å². The summed E-state index contributed by atoms with van der Waals surface area (Å²) in [6.07, 6.45) is 0.687. The molecule has 0 unspecified atom stereocenters. The molecule has 29 heavy (non-hydrogen) atoms. The van der Waals surface area contributed by atoms with Crippen LogP contribution in [0.25, 0.3) is 0 Å². The van der Waals surface area contributed by atoms with E-state index in [-0.39, 0.29) is 10.5 Å². The second kappa shape index (κ2) is 8.24. The van der Waals surface area contributed by atoms with Gasteiger partial charge in [0.15, 0.2) is 0 Å². The van der Waals surface area contributed by atoms with E-state index in [1.165, 1.54) is 30.3 Å². The normalized spacial score (nSPS) is 11.1. The first kappa shape index (κ1) is 20.2. The largest absolute Gasteiger partial charge is 0.322 e. The number of nitrogens with zero attached hydrogens (tertiary/aromatic N) is 1. The Balaban J connectivity index is 2.08. The zero-order chi connectivity index (χ0) is 21.0. The molecule has 0 saturated carbocycles. The van der Waals surface area contributed by atoms with Crippen LogP contribution >= 0.6 is 0 Å². The molecule has 0 aliphatic rings. The Labute approximate surface area is 168 Å². The zero-order valence-electron chi connectivity index (χ0n) is 15.5. The van der Waals surface area contributed by atoms with Crippen LogP contribution in [-0.2, 0) is 16.3 Å². The molecular weight excluding hydrogens is 392 g/mol. The lowest BCUT2D eigenvalue weighted by atomic mass is 10.1. The smallest absolute Gasteiger partial charge is 0.288 e. The number of para-hydroxylation sites is 2. The number of sulfone groups is 1. The van der Waals surface area contributed by atoms with Crippen molar-refractivity contribution < 1.29 is 18.1 Å². The second-order valence-electron chi connectivity index (χ2n) is 6.19. The molecule has 3 aromatic carbocycles. The minimum absolute atomic E-state index is 0.0865. The van der Waals surface area contributed by atoms with Gasteiger partial charge >= 0.3 is 0 Å². The Morgan fingerprint density at radius 3 is 2.21 bits per heavy atom. The average molecular weight is 410 g/mol. The topological polar surface area (TPSA) is 106 Å². The van der Waals surface area contributed by atoms with E-state index in [0.29, 0.717) is 12.1 Å². The maximum Gasteiger partial charge on any atom is 0.288 e. The molecule has 7 nitrogen and oxygen atoms in total. The van der Waals surface area contributed by atoms with Crippen molar-refractivity contribution >= 4 is 27.1 Å². The van der Waals surface area contributed by atoms with Gasteiger partial charge in [-0.2, -0.15) is 0 Å². The number of hydrogen-bond donors (Lipinski definition) is 1. The highest BCUT2D eigenvalue weighted by Crippen LogP contribution is 2.31. The molecule has 148 valence electrons. The summed E-state index contributed by atoms with van der Waals surface area (Å²) in [6, 6.07) is 17.9. The molecule has 0 heterocycles. The molecule has 0 aromatic heterocycles. The van der Waals surface area contributed by atoms with Gasteiger partial charge in [0.1, 0.15) is 4.90 Å². The Morgan fingerprint density at radius 1 is 0.931 bits per heavy atom. The first-order valence-corrected chi connectivity index (χ1v) is 10.3. The number of nitrogens with one attached hydrogen (secondary N) is 1. The predicted octanol–water partition coefficient (Wildman–Crippen LogP) is 4.24. The molecule has 3 aromatic rings. The fourth-order valence-electron chi connectivity index (χ4n) is 2.98. The minimum Gasteiger partial charge on any atom is -0.322 e. The SMILES string of the molecule is CCc1ccccc1NC(=O)c1ccccc1S(=O)(=O)c1ccccc1[N+](=O)[O-]. The van der Waals surface area contributed by atoms with Crippen LogP contribution in [0, 0.1) is 10.1 Å². The van der Waals surface area contributed by atoms with E-state index in [1.807, 2.05) is 19.1 Å². The standard InChI is InChI=1S/C21H18N2O5S/c1-2-15-9-3-5-11-17(15)22-21(24)16-10-4-7-13-19(16)29(27,28)20-14-8-6-12-18(20)23(25)26/h3-14H,2H2,1H3,(H,22,24). The summed E-state index contributed by atoms with van der Waals surface area (Å²) >= 11 is 0. The first-order valence-electron chi connectivity index (χ1n) is 8.83. The van der Waals surface area contributed by atoms with Crippen LogP contribution in [0.1, 0.15) is 22.8 Å². The average Bonchev–Trinajstić information content (AvgIpc) is 2.74. The van der Waals surface area contributed by atoms with E-state index in [2.05, 4.69) is 5.32 Å². The molecular formula is C21H18N2O5S. The molecule has 8 heteroatoms. The van der Waals surface area contributed by atoms with Crippen molar-refractivity contribution in [1.29, 1.82) is 0 Å². The van der Waals surface area contributed by atoms with Gasteiger partial charge in [-0.15, -0.1) is 0 Å². The van der Waals surface area contributed by atoms with E-state index in [9.17, 15) is 23.3 Å². The summed E-state index contributed by atoms with van der Waals surface area (Å²) < 4.78 is 26.4. The van der Waals surface area contributed by atoms with E-state index >= 15 is 0 Å². The number of hydrogen-bond acceptors (Lipinski definition) is 5. The van der Waals surface area contributed by atoms with E-state index in [0.717, 1.165) is 17.7 Å². The number of benzene rings is 3. The Hall–Kier alpha value is -3.52. The highest BCUT2D eigenvalue weighted by Gasteiger charge is 2.30. The Morgan fingerprint density at radius 2 is 1.52 bits per heavy atom. The summed E-state index contributed by atoms with van der Waals surface area (Å²) in [5, 5.41) is 14.0. The fourth-order valence-corrected chi connectivity index (χ4v) is 4.60. The first-order chi connectivity index (χ1) is 13.9. The van der Waals surface area contributed by atoms with Gasteiger partial charge in [0.2, 0.25) is 9.84 Å². The summed E-state index contributed by atoms with van der Waals surface area (Å²) in [5.74, 6) is -0.608. The van der Waals surface area contributed by atoms with Gasteiger partial charge in [0, 0.05) is 11.8 Å². The molecule has 0 saturated heterocycles. The van der Waals surface area contributed by atoms with Crippen LogP contribution in [0.4, 0.5) is 11.4 Å². The lowest BCUT2D eigenvalue weighted by molar-refractivity contribution is -0.387. The van der Waals surface area contributed by atoms with Crippen LogP contribution in [0.15, 0.2) is 82.6 Å². The highest BCUT2D eigenvalue weighted by molar-refractivity contribution is 7.91. The summed E-state index contributed by atoms with van der Waals surface area (Å²) in [7, 11) is -4.30. The van der Waals surface area contributed by atoms with Crippen LogP contribution in [0.3, 0.4) is 0 Å².